The highest BCUT2D eigenvalue weighted by atomic mass is 19.1. The summed E-state index contributed by atoms with van der Waals surface area (Å²) >= 11 is 0. The van der Waals surface area contributed by atoms with E-state index in [1.807, 2.05) is 0 Å². The molecule has 1 spiro atoms. The molecule has 3 aliphatic rings. The Labute approximate surface area is 185 Å². The fourth-order valence-electron chi connectivity index (χ4n) is 5.09. The zero-order valence-electron chi connectivity index (χ0n) is 17.7. The highest BCUT2D eigenvalue weighted by Gasteiger charge is 2.54. The molecule has 1 aromatic heterocycles. The predicted molar refractivity (Wildman–Crippen MR) is 112 cm³/mol. The number of likely N-dealkylation sites (tertiary alicyclic amines) is 1. The number of halogens is 2. The number of hydrogen-bond donors (Lipinski definition) is 1. The number of ether oxygens (including phenoxy) is 1. The molecule has 32 heavy (non-hydrogen) atoms. The molecule has 168 valence electrons. The van der Waals surface area contributed by atoms with Gasteiger partial charge in [-0.1, -0.05) is 0 Å². The van der Waals surface area contributed by atoms with E-state index < -0.39 is 17.7 Å². The standard InChI is InChI=1S/C24H25F2N3O3/c25-18-7-15(8-19(26)11-18)9-22(30)29-5-2-24(3-6-29)12-17(24)14-28-23(31)21-10-16-13-27-4-1-20(16)32-21/h1,4,7-8,11,13,17,21H,2-3,5-6,9-10,12,14H2,(H,28,31). The third-order valence-corrected chi connectivity index (χ3v) is 7.10. The van der Waals surface area contributed by atoms with E-state index in [9.17, 15) is 18.4 Å². The quantitative estimate of drug-likeness (QED) is 0.775. The fraction of sp³-hybridized carbons (Fsp3) is 0.458. The van der Waals surface area contributed by atoms with Crippen molar-refractivity contribution >= 4 is 11.8 Å². The Morgan fingerprint density at radius 1 is 1.19 bits per heavy atom. The van der Waals surface area contributed by atoms with Crippen LogP contribution >= 0.6 is 0 Å². The van der Waals surface area contributed by atoms with E-state index in [1.165, 1.54) is 12.1 Å². The third kappa shape index (κ3) is 4.18. The molecular formula is C24H25F2N3O3. The van der Waals surface area contributed by atoms with E-state index in [4.69, 9.17) is 4.74 Å². The fourth-order valence-corrected chi connectivity index (χ4v) is 5.09. The van der Waals surface area contributed by atoms with Gasteiger partial charge in [0.1, 0.15) is 17.4 Å². The number of aromatic nitrogens is 1. The Hall–Kier alpha value is -3.03. The minimum atomic E-state index is -0.670. The lowest BCUT2D eigenvalue weighted by molar-refractivity contribution is -0.132. The molecule has 1 aromatic carbocycles. The first-order chi connectivity index (χ1) is 15.4. The summed E-state index contributed by atoms with van der Waals surface area (Å²) in [5.41, 5.74) is 1.48. The molecule has 8 heteroatoms. The van der Waals surface area contributed by atoms with Crippen LogP contribution in [0.5, 0.6) is 5.75 Å². The minimum absolute atomic E-state index is 0.000460. The van der Waals surface area contributed by atoms with Crippen molar-refractivity contribution < 1.29 is 23.1 Å². The highest BCUT2D eigenvalue weighted by molar-refractivity contribution is 5.82. The smallest absolute Gasteiger partial charge is 0.261 e. The molecule has 2 amide bonds. The molecule has 5 rings (SSSR count). The van der Waals surface area contributed by atoms with Gasteiger partial charge in [-0.15, -0.1) is 0 Å². The lowest BCUT2D eigenvalue weighted by atomic mass is 9.90. The number of piperidine rings is 1. The van der Waals surface area contributed by atoms with Gasteiger partial charge in [-0.25, -0.2) is 8.78 Å². The van der Waals surface area contributed by atoms with Crippen LogP contribution in [0.3, 0.4) is 0 Å². The first kappa shape index (κ1) is 20.8. The topological polar surface area (TPSA) is 71.5 Å². The van der Waals surface area contributed by atoms with E-state index in [1.54, 1.807) is 23.4 Å². The third-order valence-electron chi connectivity index (χ3n) is 7.10. The van der Waals surface area contributed by atoms with Crippen LogP contribution in [0.25, 0.3) is 0 Å². The van der Waals surface area contributed by atoms with Crippen LogP contribution < -0.4 is 10.1 Å². The summed E-state index contributed by atoms with van der Waals surface area (Å²) in [4.78, 5) is 30.9. The normalized spacial score (nSPS) is 22.9. The second-order valence-corrected chi connectivity index (χ2v) is 9.14. The zero-order valence-corrected chi connectivity index (χ0v) is 17.7. The molecule has 2 fully saturated rings. The number of fused-ring (bicyclic) bond motifs is 1. The molecule has 1 saturated heterocycles. The maximum atomic E-state index is 13.4. The van der Waals surface area contributed by atoms with Crippen LogP contribution in [-0.2, 0) is 22.4 Å². The minimum Gasteiger partial charge on any atom is -0.480 e. The second-order valence-electron chi connectivity index (χ2n) is 9.14. The van der Waals surface area contributed by atoms with Gasteiger partial charge in [-0.2, -0.15) is 0 Å². The number of pyridine rings is 1. The van der Waals surface area contributed by atoms with E-state index in [0.717, 1.165) is 36.6 Å². The molecule has 6 nitrogen and oxygen atoms in total. The molecule has 2 unspecified atom stereocenters. The largest absolute Gasteiger partial charge is 0.480 e. The lowest BCUT2D eigenvalue weighted by Gasteiger charge is -2.33. The van der Waals surface area contributed by atoms with Crippen molar-refractivity contribution in [1.29, 1.82) is 0 Å². The number of nitrogens with zero attached hydrogens (tertiary/aromatic N) is 2. The van der Waals surface area contributed by atoms with Crippen LogP contribution in [-0.4, -0.2) is 47.4 Å². The van der Waals surface area contributed by atoms with Crippen LogP contribution in [0.15, 0.2) is 36.7 Å². The van der Waals surface area contributed by atoms with Crippen molar-refractivity contribution in [2.45, 2.75) is 38.2 Å². The van der Waals surface area contributed by atoms with Crippen molar-refractivity contribution in [2.75, 3.05) is 19.6 Å². The van der Waals surface area contributed by atoms with Crippen molar-refractivity contribution in [1.82, 2.24) is 15.2 Å². The van der Waals surface area contributed by atoms with Crippen LogP contribution in [0.2, 0.25) is 0 Å². The van der Waals surface area contributed by atoms with E-state index in [-0.39, 0.29) is 23.7 Å². The molecule has 1 saturated carbocycles. The monoisotopic (exact) mass is 441 g/mol. The average molecular weight is 441 g/mol. The molecule has 2 aromatic rings. The number of hydrogen-bond acceptors (Lipinski definition) is 4. The first-order valence-electron chi connectivity index (χ1n) is 11.0. The molecule has 1 N–H and O–H groups in total. The maximum absolute atomic E-state index is 13.4. The van der Waals surface area contributed by atoms with Crippen LogP contribution in [0.1, 0.15) is 30.4 Å². The van der Waals surface area contributed by atoms with Gasteiger partial charge in [-0.05, 0) is 54.4 Å². The van der Waals surface area contributed by atoms with Gasteiger partial charge in [0.05, 0.1) is 6.42 Å². The Balaban J connectivity index is 1.07. The Bertz CT molecular complexity index is 1010. The van der Waals surface area contributed by atoms with Crippen LogP contribution in [0, 0.1) is 23.0 Å². The van der Waals surface area contributed by atoms with Crippen molar-refractivity contribution in [3.8, 4) is 5.75 Å². The maximum Gasteiger partial charge on any atom is 0.261 e. The SMILES string of the molecule is O=C(NCC1CC12CCN(C(=O)Cc1cc(F)cc(F)c1)CC2)C1Cc2cnccc2O1. The summed E-state index contributed by atoms with van der Waals surface area (Å²) in [7, 11) is 0. The Morgan fingerprint density at radius 3 is 2.66 bits per heavy atom. The number of amides is 2. The summed E-state index contributed by atoms with van der Waals surface area (Å²) in [6.07, 6.45) is 6.23. The number of carbonyl (C=O) groups is 2. The molecular weight excluding hydrogens is 416 g/mol. The van der Waals surface area contributed by atoms with Gasteiger partial charge in [0.15, 0.2) is 6.10 Å². The summed E-state index contributed by atoms with van der Waals surface area (Å²) in [5.74, 6) is -0.415. The van der Waals surface area contributed by atoms with Gasteiger partial charge in [-0.3, -0.25) is 14.6 Å². The molecule has 0 radical (unpaired) electrons. The molecule has 0 bridgehead atoms. The number of rotatable bonds is 5. The number of nitrogens with one attached hydrogen (secondary N) is 1. The predicted octanol–water partition coefficient (Wildman–Crippen LogP) is 2.65. The summed E-state index contributed by atoms with van der Waals surface area (Å²) in [5, 5.41) is 3.03. The van der Waals surface area contributed by atoms with Gasteiger partial charge >= 0.3 is 0 Å². The van der Waals surface area contributed by atoms with E-state index >= 15 is 0 Å². The number of benzene rings is 1. The van der Waals surface area contributed by atoms with Crippen LogP contribution in [0.4, 0.5) is 8.78 Å². The molecule has 2 aliphatic heterocycles. The highest BCUT2D eigenvalue weighted by Crippen LogP contribution is 2.59. The van der Waals surface area contributed by atoms with Gasteiger partial charge < -0.3 is 15.0 Å². The summed E-state index contributed by atoms with van der Waals surface area (Å²) in [6.45, 7) is 1.88. The summed E-state index contributed by atoms with van der Waals surface area (Å²) in [6, 6.07) is 4.99. The van der Waals surface area contributed by atoms with Gasteiger partial charge in [0, 0.05) is 50.1 Å². The van der Waals surface area contributed by atoms with E-state index in [0.29, 0.717) is 37.5 Å². The van der Waals surface area contributed by atoms with Crippen molar-refractivity contribution in [3.63, 3.8) is 0 Å². The Kier molecular flexibility index (Phi) is 5.31. The zero-order chi connectivity index (χ0) is 22.3. The average Bonchev–Trinajstić information content (AvgIpc) is 3.23. The second kappa shape index (κ2) is 8.15. The van der Waals surface area contributed by atoms with Gasteiger partial charge in [0.25, 0.3) is 5.91 Å². The van der Waals surface area contributed by atoms with E-state index in [2.05, 4.69) is 10.3 Å². The molecule has 1 aliphatic carbocycles. The summed E-state index contributed by atoms with van der Waals surface area (Å²) < 4.78 is 32.5. The lowest BCUT2D eigenvalue weighted by Crippen LogP contribution is -2.42. The first-order valence-corrected chi connectivity index (χ1v) is 11.0. The molecule has 3 heterocycles. The van der Waals surface area contributed by atoms with Gasteiger partial charge in [0.2, 0.25) is 5.91 Å². The molecule has 2 atom stereocenters. The van der Waals surface area contributed by atoms with Crippen molar-refractivity contribution in [2.24, 2.45) is 11.3 Å². The Morgan fingerprint density at radius 2 is 1.94 bits per heavy atom. The number of carbonyl (C=O) groups excluding carboxylic acids is 2. The van der Waals surface area contributed by atoms with Crippen molar-refractivity contribution in [3.05, 3.63) is 59.4 Å².